The summed E-state index contributed by atoms with van der Waals surface area (Å²) >= 11 is 0. The number of nitrogen functional groups attached to an aromatic ring is 1. The Morgan fingerprint density at radius 1 is 0.938 bits per heavy atom. The normalized spacial score (nSPS) is 11.8. The SMILES string of the molecule is COc1cc(N=Nc2ccc3cc(S(=O)(=O)[O-])cc(S(=O)(=O)[O-])c3c2)c(C)cc1N.[Li+].[Na+]. The summed E-state index contributed by atoms with van der Waals surface area (Å²) in [6.07, 6.45) is 0. The van der Waals surface area contributed by atoms with Crippen molar-refractivity contribution in [3.63, 3.8) is 0 Å². The molecule has 0 bridgehead atoms. The standard InChI is InChI=1S/C18H17N3O7S2.Li.Na/c1-10-5-15(19)17(28-2)9-16(10)21-20-12-4-3-11-6-13(29(22,23)24)8-18(14(11)7-12)30(25,26)27;;/h3-9H,19H2,1-2H3,(H,22,23,24)(H,25,26,27);;/q;2*+1/p-2. The molecule has 0 saturated heterocycles. The van der Waals surface area contributed by atoms with Crippen LogP contribution in [0.1, 0.15) is 5.56 Å². The van der Waals surface area contributed by atoms with Gasteiger partial charge in [0.15, 0.2) is 0 Å². The number of hydrogen-bond acceptors (Lipinski definition) is 10. The number of aryl methyl sites for hydroxylation is 1. The number of azo groups is 1. The number of fused-ring (bicyclic) bond motifs is 1. The van der Waals surface area contributed by atoms with Crippen molar-refractivity contribution in [1.29, 1.82) is 0 Å². The van der Waals surface area contributed by atoms with Gasteiger partial charge in [0.1, 0.15) is 26.0 Å². The first-order chi connectivity index (χ1) is 13.9. The van der Waals surface area contributed by atoms with Crippen molar-refractivity contribution in [3.05, 3.63) is 48.0 Å². The minimum atomic E-state index is -5.07. The van der Waals surface area contributed by atoms with Gasteiger partial charge in [0.25, 0.3) is 0 Å². The van der Waals surface area contributed by atoms with Gasteiger partial charge >= 0.3 is 48.4 Å². The van der Waals surface area contributed by atoms with E-state index in [9.17, 15) is 25.9 Å². The van der Waals surface area contributed by atoms with E-state index in [4.69, 9.17) is 10.5 Å². The van der Waals surface area contributed by atoms with Crippen LogP contribution in [0.4, 0.5) is 17.1 Å². The Morgan fingerprint density at radius 3 is 2.16 bits per heavy atom. The minimum absolute atomic E-state index is 0. The summed E-state index contributed by atoms with van der Waals surface area (Å²) in [5.74, 6) is 0.402. The summed E-state index contributed by atoms with van der Waals surface area (Å²) in [6.45, 7) is 1.76. The van der Waals surface area contributed by atoms with E-state index < -0.39 is 30.0 Å². The summed E-state index contributed by atoms with van der Waals surface area (Å²) in [4.78, 5) is -1.65. The molecule has 32 heavy (non-hydrogen) atoms. The monoisotopic (exact) mass is 479 g/mol. The molecule has 0 aliphatic rings. The molecule has 3 rings (SSSR count). The van der Waals surface area contributed by atoms with E-state index in [1.807, 2.05) is 0 Å². The van der Waals surface area contributed by atoms with Gasteiger partial charge in [-0.2, -0.15) is 10.2 Å². The smallest absolute Gasteiger partial charge is 0.744 e. The summed E-state index contributed by atoms with van der Waals surface area (Å²) in [5.41, 5.74) is 7.60. The van der Waals surface area contributed by atoms with Crippen LogP contribution in [0.25, 0.3) is 10.8 Å². The third-order valence-corrected chi connectivity index (χ3v) is 5.94. The zero-order chi connectivity index (χ0) is 22.3. The van der Waals surface area contributed by atoms with Crippen LogP contribution in [0.5, 0.6) is 5.75 Å². The molecule has 0 saturated carbocycles. The van der Waals surface area contributed by atoms with Crippen LogP contribution >= 0.6 is 0 Å². The number of ether oxygens (including phenoxy) is 1. The zero-order valence-corrected chi connectivity index (χ0v) is 21.3. The maximum absolute atomic E-state index is 11.6. The Kier molecular flexibility index (Phi) is 9.50. The summed E-state index contributed by atoms with van der Waals surface area (Å²) < 4.78 is 73.9. The Hall–Kier alpha value is -1.46. The van der Waals surface area contributed by atoms with Crippen molar-refractivity contribution < 1.29 is 79.1 Å². The summed E-state index contributed by atoms with van der Waals surface area (Å²) in [5, 5.41) is 8.13. The molecule has 0 aliphatic carbocycles. The second-order valence-corrected chi connectivity index (χ2v) is 9.04. The van der Waals surface area contributed by atoms with E-state index in [1.165, 1.54) is 25.3 Å². The molecule has 0 radical (unpaired) electrons. The Balaban J connectivity index is 0.00000256. The number of benzene rings is 3. The molecule has 14 heteroatoms. The second-order valence-electron chi connectivity index (χ2n) is 6.32. The van der Waals surface area contributed by atoms with Crippen molar-refractivity contribution >= 4 is 48.1 Å². The van der Waals surface area contributed by atoms with E-state index in [1.54, 1.807) is 19.1 Å². The van der Waals surface area contributed by atoms with Crippen molar-refractivity contribution in [2.75, 3.05) is 12.8 Å². The number of nitrogens with zero attached hydrogens (tertiary/aromatic N) is 2. The van der Waals surface area contributed by atoms with Gasteiger partial charge in [-0.3, -0.25) is 0 Å². The average molecular weight is 479 g/mol. The first-order valence-electron chi connectivity index (χ1n) is 8.25. The van der Waals surface area contributed by atoms with E-state index >= 15 is 0 Å². The third kappa shape index (κ3) is 6.32. The fraction of sp³-hybridized carbons (Fsp3) is 0.111. The zero-order valence-electron chi connectivity index (χ0n) is 17.7. The molecular formula is C18H15LiN3NaO7S2. The third-order valence-electron chi connectivity index (χ3n) is 4.25. The maximum atomic E-state index is 11.6. The predicted molar refractivity (Wildman–Crippen MR) is 106 cm³/mol. The number of nitrogens with two attached hydrogens (primary N) is 1. The first-order valence-corrected chi connectivity index (χ1v) is 11.1. The van der Waals surface area contributed by atoms with E-state index in [2.05, 4.69) is 10.2 Å². The van der Waals surface area contributed by atoms with Crippen LogP contribution in [-0.2, 0) is 20.2 Å². The maximum Gasteiger partial charge on any atom is 1.00 e. The van der Waals surface area contributed by atoms with Crippen molar-refractivity contribution in [1.82, 2.24) is 0 Å². The molecule has 0 spiro atoms. The molecule has 10 nitrogen and oxygen atoms in total. The van der Waals surface area contributed by atoms with Crippen LogP contribution in [0.2, 0.25) is 0 Å². The van der Waals surface area contributed by atoms with Crippen LogP contribution in [0, 0.1) is 6.92 Å². The molecule has 0 atom stereocenters. The van der Waals surface area contributed by atoms with Crippen LogP contribution in [-0.4, -0.2) is 33.1 Å². The fourth-order valence-electron chi connectivity index (χ4n) is 2.79. The van der Waals surface area contributed by atoms with Gasteiger partial charge in [-0.05, 0) is 48.2 Å². The van der Waals surface area contributed by atoms with Gasteiger partial charge in [-0.25, -0.2) is 16.8 Å². The predicted octanol–water partition coefficient (Wildman–Crippen LogP) is -3.03. The molecule has 3 aromatic carbocycles. The van der Waals surface area contributed by atoms with Gasteiger partial charge in [0.05, 0.1) is 34.0 Å². The van der Waals surface area contributed by atoms with Crippen molar-refractivity contribution in [2.45, 2.75) is 16.7 Å². The van der Waals surface area contributed by atoms with Gasteiger partial charge in [0.2, 0.25) is 0 Å². The molecule has 158 valence electrons. The van der Waals surface area contributed by atoms with Gasteiger partial charge in [-0.1, -0.05) is 6.07 Å². The number of rotatable bonds is 5. The molecule has 0 aromatic heterocycles. The Morgan fingerprint density at radius 2 is 1.59 bits per heavy atom. The Labute approximate surface area is 219 Å². The second kappa shape index (κ2) is 10.6. The van der Waals surface area contributed by atoms with Crippen molar-refractivity contribution in [2.24, 2.45) is 10.2 Å². The van der Waals surface area contributed by atoms with E-state index in [-0.39, 0.29) is 64.9 Å². The quantitative estimate of drug-likeness (QED) is 0.174. The van der Waals surface area contributed by atoms with Gasteiger partial charge in [0, 0.05) is 11.5 Å². The molecule has 0 fully saturated rings. The molecule has 3 aromatic rings. The van der Waals surface area contributed by atoms with Crippen LogP contribution < -0.4 is 58.9 Å². The Bertz CT molecular complexity index is 1410. The first kappa shape index (κ1) is 28.6. The van der Waals surface area contributed by atoms with Crippen molar-refractivity contribution in [3.8, 4) is 5.75 Å². The molecule has 0 amide bonds. The van der Waals surface area contributed by atoms with E-state index in [0.29, 0.717) is 28.8 Å². The van der Waals surface area contributed by atoms with Gasteiger partial charge < -0.3 is 19.6 Å². The number of methoxy groups -OCH3 is 1. The largest absolute Gasteiger partial charge is 1.00 e. The van der Waals surface area contributed by atoms with E-state index in [0.717, 1.165) is 6.07 Å². The summed E-state index contributed by atoms with van der Waals surface area (Å²) in [7, 11) is -8.59. The molecule has 0 aliphatic heterocycles. The molecule has 0 unspecified atom stereocenters. The van der Waals surface area contributed by atoms with Gasteiger partial charge in [-0.15, -0.1) is 0 Å². The average Bonchev–Trinajstić information content (AvgIpc) is 2.64. The minimum Gasteiger partial charge on any atom is -0.744 e. The summed E-state index contributed by atoms with van der Waals surface area (Å²) in [6, 6.07) is 8.79. The van der Waals surface area contributed by atoms with Crippen LogP contribution in [0.15, 0.2) is 62.5 Å². The molecule has 2 N–H and O–H groups in total. The molecular weight excluding hydrogens is 464 g/mol. The topological polar surface area (TPSA) is 174 Å². The van der Waals surface area contributed by atoms with Crippen LogP contribution in [0.3, 0.4) is 0 Å². The fourth-order valence-corrected chi connectivity index (χ4v) is 4.12. The molecule has 0 heterocycles. The number of hydrogen-bond donors (Lipinski definition) is 1. The number of anilines is 1.